The van der Waals surface area contributed by atoms with E-state index in [1.807, 2.05) is 25.1 Å². The number of benzene rings is 1. The van der Waals surface area contributed by atoms with Crippen LogP contribution in [0.15, 0.2) is 36.4 Å². The van der Waals surface area contributed by atoms with Crippen molar-refractivity contribution in [3.05, 3.63) is 42.1 Å². The number of pyridine rings is 1. The van der Waals surface area contributed by atoms with Crippen molar-refractivity contribution in [3.63, 3.8) is 0 Å². The van der Waals surface area contributed by atoms with Crippen LogP contribution < -0.4 is 5.32 Å². The average Bonchev–Trinajstić information content (AvgIpc) is 2.38. The number of hydrogen-bond acceptors (Lipinski definition) is 2. The van der Waals surface area contributed by atoms with Gasteiger partial charge in [-0.2, -0.15) is 0 Å². The van der Waals surface area contributed by atoms with Crippen LogP contribution in [-0.4, -0.2) is 16.9 Å². The molecular formula is C15H19ClN2. The molecule has 0 aliphatic heterocycles. The molecule has 96 valence electrons. The minimum atomic E-state index is 0.269. The summed E-state index contributed by atoms with van der Waals surface area (Å²) in [6.45, 7) is 3.85. The normalized spacial score (nSPS) is 12.8. The lowest BCUT2D eigenvalue weighted by atomic mass is 10.2. The molecule has 0 aliphatic rings. The second kappa shape index (κ2) is 6.72. The van der Waals surface area contributed by atoms with Gasteiger partial charge in [0.15, 0.2) is 0 Å². The number of nitrogens with zero attached hydrogens (tertiary/aromatic N) is 1. The van der Waals surface area contributed by atoms with Crippen LogP contribution in [0.1, 0.15) is 25.5 Å². The zero-order chi connectivity index (χ0) is 12.8. The maximum Gasteiger partial charge on any atom is 0.0705 e. The van der Waals surface area contributed by atoms with Gasteiger partial charge in [0.25, 0.3) is 0 Å². The third kappa shape index (κ3) is 3.97. The van der Waals surface area contributed by atoms with Crippen molar-refractivity contribution in [2.45, 2.75) is 31.7 Å². The lowest BCUT2D eigenvalue weighted by Crippen LogP contribution is -2.16. The molecule has 0 saturated carbocycles. The van der Waals surface area contributed by atoms with Gasteiger partial charge in [0.2, 0.25) is 0 Å². The van der Waals surface area contributed by atoms with Gasteiger partial charge in [-0.05, 0) is 38.4 Å². The van der Waals surface area contributed by atoms with Crippen LogP contribution in [0, 0.1) is 0 Å². The van der Waals surface area contributed by atoms with Crippen molar-refractivity contribution >= 4 is 22.5 Å². The molecule has 2 aromatic rings. The average molecular weight is 263 g/mol. The maximum atomic E-state index is 5.90. The van der Waals surface area contributed by atoms with Gasteiger partial charge < -0.3 is 5.32 Å². The van der Waals surface area contributed by atoms with Crippen molar-refractivity contribution in [1.82, 2.24) is 10.3 Å². The van der Waals surface area contributed by atoms with Gasteiger partial charge >= 0.3 is 0 Å². The Labute approximate surface area is 113 Å². The Hall–Kier alpha value is -1.12. The summed E-state index contributed by atoms with van der Waals surface area (Å²) in [4.78, 5) is 4.62. The van der Waals surface area contributed by atoms with Gasteiger partial charge in [-0.25, -0.2) is 0 Å². The van der Waals surface area contributed by atoms with Crippen molar-refractivity contribution in [2.24, 2.45) is 0 Å². The molecule has 2 rings (SSSR count). The lowest BCUT2D eigenvalue weighted by molar-refractivity contribution is 0.614. The van der Waals surface area contributed by atoms with Crippen LogP contribution in [0.4, 0.5) is 0 Å². The van der Waals surface area contributed by atoms with Gasteiger partial charge in [0.05, 0.1) is 11.2 Å². The second-order valence-corrected chi connectivity index (χ2v) is 5.34. The summed E-state index contributed by atoms with van der Waals surface area (Å²) in [5.41, 5.74) is 2.15. The molecule has 18 heavy (non-hydrogen) atoms. The summed E-state index contributed by atoms with van der Waals surface area (Å²) < 4.78 is 0. The van der Waals surface area contributed by atoms with E-state index in [0.29, 0.717) is 0 Å². The van der Waals surface area contributed by atoms with Crippen LogP contribution in [-0.2, 0) is 6.54 Å². The number of rotatable bonds is 6. The largest absolute Gasteiger partial charge is 0.311 e. The minimum Gasteiger partial charge on any atom is -0.311 e. The molecular weight excluding hydrogens is 244 g/mol. The Balaban J connectivity index is 1.84. The van der Waals surface area contributed by atoms with E-state index in [9.17, 15) is 0 Å². The van der Waals surface area contributed by atoms with Crippen molar-refractivity contribution < 1.29 is 0 Å². The highest BCUT2D eigenvalue weighted by Crippen LogP contribution is 2.11. The molecule has 1 aromatic carbocycles. The molecule has 0 spiro atoms. The first-order valence-electron chi connectivity index (χ1n) is 6.45. The molecule has 0 amide bonds. The third-order valence-corrected chi connectivity index (χ3v) is 3.14. The molecule has 1 heterocycles. The van der Waals surface area contributed by atoms with E-state index in [-0.39, 0.29) is 5.38 Å². The van der Waals surface area contributed by atoms with Gasteiger partial charge in [-0.3, -0.25) is 4.98 Å². The topological polar surface area (TPSA) is 24.9 Å². The number of halogens is 1. The number of para-hydroxylation sites is 1. The van der Waals surface area contributed by atoms with Crippen molar-refractivity contribution in [1.29, 1.82) is 0 Å². The standard InChI is InChI=1S/C15H19ClN2/c1-12(16)5-4-10-17-11-14-9-8-13-6-2-3-7-15(13)18-14/h2-3,6-9,12,17H,4-5,10-11H2,1H3. The SMILES string of the molecule is CC(Cl)CCCNCc1ccc2ccccc2n1. The number of alkyl halides is 1. The summed E-state index contributed by atoms with van der Waals surface area (Å²) in [5.74, 6) is 0. The summed E-state index contributed by atoms with van der Waals surface area (Å²) >= 11 is 5.90. The molecule has 0 aliphatic carbocycles. The fraction of sp³-hybridized carbons (Fsp3) is 0.400. The van der Waals surface area contributed by atoms with Gasteiger partial charge in [0.1, 0.15) is 0 Å². The molecule has 1 N–H and O–H groups in total. The number of aromatic nitrogens is 1. The van der Waals surface area contributed by atoms with Crippen LogP contribution in [0.3, 0.4) is 0 Å². The third-order valence-electron chi connectivity index (χ3n) is 2.92. The van der Waals surface area contributed by atoms with E-state index in [4.69, 9.17) is 11.6 Å². The fourth-order valence-corrected chi connectivity index (χ4v) is 2.09. The summed E-state index contributed by atoms with van der Waals surface area (Å²) in [6, 6.07) is 12.4. The van der Waals surface area contributed by atoms with E-state index >= 15 is 0 Å². The number of nitrogens with one attached hydrogen (secondary N) is 1. The van der Waals surface area contributed by atoms with Crippen molar-refractivity contribution in [2.75, 3.05) is 6.54 Å². The summed E-state index contributed by atoms with van der Waals surface area (Å²) in [7, 11) is 0. The maximum absolute atomic E-state index is 5.90. The fourth-order valence-electron chi connectivity index (χ4n) is 1.93. The van der Waals surface area contributed by atoms with E-state index in [1.54, 1.807) is 0 Å². The molecule has 0 radical (unpaired) electrons. The predicted octanol–water partition coefficient (Wildman–Crippen LogP) is 3.73. The zero-order valence-corrected chi connectivity index (χ0v) is 11.5. The van der Waals surface area contributed by atoms with Crippen LogP contribution in [0.5, 0.6) is 0 Å². The molecule has 1 atom stereocenters. The molecule has 0 saturated heterocycles. The Morgan fingerprint density at radius 1 is 1.22 bits per heavy atom. The number of hydrogen-bond donors (Lipinski definition) is 1. The Bertz CT molecular complexity index is 497. The summed E-state index contributed by atoms with van der Waals surface area (Å²) in [5, 5.41) is 4.86. The van der Waals surface area contributed by atoms with E-state index in [1.165, 1.54) is 5.39 Å². The first-order chi connectivity index (χ1) is 8.75. The molecule has 3 heteroatoms. The van der Waals surface area contributed by atoms with Crippen molar-refractivity contribution in [3.8, 4) is 0 Å². The molecule has 2 nitrogen and oxygen atoms in total. The molecule has 0 fully saturated rings. The molecule has 1 unspecified atom stereocenters. The van der Waals surface area contributed by atoms with E-state index in [2.05, 4.69) is 28.5 Å². The highest BCUT2D eigenvalue weighted by molar-refractivity contribution is 6.20. The monoisotopic (exact) mass is 262 g/mol. The van der Waals surface area contributed by atoms with Gasteiger partial charge in [-0.1, -0.05) is 24.3 Å². The molecule has 1 aromatic heterocycles. The summed E-state index contributed by atoms with van der Waals surface area (Å²) in [6.07, 6.45) is 2.16. The Morgan fingerprint density at radius 2 is 2.06 bits per heavy atom. The smallest absolute Gasteiger partial charge is 0.0705 e. The zero-order valence-electron chi connectivity index (χ0n) is 10.7. The van der Waals surface area contributed by atoms with Gasteiger partial charge in [-0.15, -0.1) is 11.6 Å². The second-order valence-electron chi connectivity index (χ2n) is 4.60. The first-order valence-corrected chi connectivity index (χ1v) is 6.89. The quantitative estimate of drug-likeness (QED) is 0.634. The Kier molecular flexibility index (Phi) is 4.97. The predicted molar refractivity (Wildman–Crippen MR) is 78.0 cm³/mol. The highest BCUT2D eigenvalue weighted by atomic mass is 35.5. The highest BCUT2D eigenvalue weighted by Gasteiger charge is 1.98. The lowest BCUT2D eigenvalue weighted by Gasteiger charge is -2.06. The van der Waals surface area contributed by atoms with Crippen LogP contribution >= 0.6 is 11.6 Å². The number of fused-ring (bicyclic) bond motifs is 1. The first kappa shape index (κ1) is 13.3. The van der Waals surface area contributed by atoms with Gasteiger partial charge in [0, 0.05) is 17.3 Å². The van der Waals surface area contributed by atoms with Crippen LogP contribution in [0.2, 0.25) is 0 Å². The molecule has 0 bridgehead atoms. The van der Waals surface area contributed by atoms with E-state index in [0.717, 1.165) is 37.1 Å². The Morgan fingerprint density at radius 3 is 2.89 bits per heavy atom. The van der Waals surface area contributed by atoms with E-state index < -0.39 is 0 Å². The minimum absolute atomic E-state index is 0.269. The van der Waals surface area contributed by atoms with Crippen LogP contribution in [0.25, 0.3) is 10.9 Å².